The van der Waals surface area contributed by atoms with Gasteiger partial charge >= 0.3 is 17.4 Å². The Kier molecular flexibility index (Phi) is 18.2. The van der Waals surface area contributed by atoms with Crippen LogP contribution < -0.4 is 10.6 Å². The number of hydrogen-bond donors (Lipinski definition) is 3. The zero-order chi connectivity index (χ0) is 32.4. The first-order valence-corrected chi connectivity index (χ1v) is 17.8. The van der Waals surface area contributed by atoms with Crippen molar-refractivity contribution in [2.24, 2.45) is 17.8 Å². The lowest BCUT2D eigenvalue weighted by Gasteiger charge is -2.22. The van der Waals surface area contributed by atoms with Crippen molar-refractivity contribution in [3.8, 4) is 0 Å². The van der Waals surface area contributed by atoms with Crippen molar-refractivity contribution in [1.82, 2.24) is 10.6 Å². The van der Waals surface area contributed by atoms with Gasteiger partial charge in [-0.1, -0.05) is 79.3 Å². The fourth-order valence-corrected chi connectivity index (χ4v) is 5.90. The van der Waals surface area contributed by atoms with Crippen molar-refractivity contribution in [3.63, 3.8) is 0 Å². The van der Waals surface area contributed by atoms with E-state index in [0.717, 1.165) is 16.4 Å². The highest BCUT2D eigenvalue weighted by Crippen LogP contribution is 2.25. The number of hydrogen-bond acceptors (Lipinski definition) is 9. The number of thioether (sulfide) groups is 1. The number of aliphatic carboxylic acids is 1. The Morgan fingerprint density at radius 3 is 2.21 bits per heavy atom. The molecule has 3 N–H and O–H groups in total. The van der Waals surface area contributed by atoms with Gasteiger partial charge in [0, 0.05) is 16.5 Å². The molecule has 0 aliphatic carbocycles. The van der Waals surface area contributed by atoms with E-state index < -0.39 is 41.0 Å². The van der Waals surface area contributed by atoms with Gasteiger partial charge in [-0.2, -0.15) is 11.8 Å². The normalized spacial score (nSPS) is 14.7. The summed E-state index contributed by atoms with van der Waals surface area (Å²) in [6, 6.07) is 8.18. The van der Waals surface area contributed by atoms with Crippen molar-refractivity contribution in [2.75, 3.05) is 24.9 Å². The topological polar surface area (TPSA) is 131 Å². The van der Waals surface area contributed by atoms with E-state index in [4.69, 9.17) is 4.74 Å². The van der Waals surface area contributed by atoms with Gasteiger partial charge in [0.25, 0.3) is 0 Å². The quantitative estimate of drug-likeness (QED) is 0.0960. The maximum Gasteiger partial charge on any atom is 0.408 e. The van der Waals surface area contributed by atoms with Gasteiger partial charge in [0.15, 0.2) is 0 Å². The predicted molar refractivity (Wildman–Crippen MR) is 178 cm³/mol. The van der Waals surface area contributed by atoms with Crippen LogP contribution >= 0.6 is 33.3 Å². The third-order valence-corrected chi connectivity index (χ3v) is 8.73. The average Bonchev–Trinajstić information content (AvgIpc) is 2.93. The minimum absolute atomic E-state index is 0.0981. The van der Waals surface area contributed by atoms with Crippen LogP contribution in [0.1, 0.15) is 46.6 Å². The summed E-state index contributed by atoms with van der Waals surface area (Å²) in [6.45, 7) is 9.44. The van der Waals surface area contributed by atoms with Gasteiger partial charge in [0.05, 0.1) is 19.1 Å². The number of carbonyl (C=O) groups is 4. The minimum atomic E-state index is -1.06. The molecular weight excluding hydrogens is 609 g/mol. The number of amides is 2. The number of allylic oxidation sites excluding steroid dienone is 2. The Morgan fingerprint density at radius 2 is 1.65 bits per heavy atom. The molecule has 0 aliphatic rings. The molecule has 2 amide bonds. The largest absolute Gasteiger partial charge is 0.480 e. The molecule has 0 saturated carbocycles. The fraction of sp³-hybridized carbons (Fsp3) is 0.548. The highest BCUT2D eigenvalue weighted by atomic mass is 33.1. The highest BCUT2D eigenvalue weighted by molar-refractivity contribution is 8.82. The van der Waals surface area contributed by atoms with Crippen LogP contribution in [0, 0.1) is 17.8 Å². The number of ether oxygens (including phenoxy) is 2. The summed E-state index contributed by atoms with van der Waals surface area (Å²) in [7, 11) is 3.50. The molecule has 1 aromatic carbocycles. The molecule has 0 unspecified atom stereocenters. The van der Waals surface area contributed by atoms with E-state index in [0.29, 0.717) is 24.3 Å². The number of alkyl carbamates (subject to hydrolysis) is 1. The molecule has 0 fully saturated rings. The molecule has 4 atom stereocenters. The van der Waals surface area contributed by atoms with E-state index in [1.54, 1.807) is 20.8 Å². The van der Waals surface area contributed by atoms with Gasteiger partial charge in [-0.15, -0.1) is 0 Å². The molecule has 0 bridgehead atoms. The molecule has 1 rings (SSSR count). The second-order valence-corrected chi connectivity index (χ2v) is 14.4. The zero-order valence-corrected chi connectivity index (χ0v) is 28.5. The molecule has 0 heterocycles. The molecule has 0 radical (unpaired) electrons. The number of nitrogens with one attached hydrogen (secondary N) is 2. The molecule has 9 nitrogen and oxygen atoms in total. The van der Waals surface area contributed by atoms with Crippen molar-refractivity contribution in [2.45, 2.75) is 65.1 Å². The third-order valence-electron chi connectivity index (χ3n) is 6.00. The van der Waals surface area contributed by atoms with Crippen molar-refractivity contribution in [1.29, 1.82) is 0 Å². The summed E-state index contributed by atoms with van der Waals surface area (Å²) in [5, 5.41) is 14.8. The van der Waals surface area contributed by atoms with Crippen LogP contribution in [0.4, 0.5) is 9.59 Å². The van der Waals surface area contributed by atoms with Crippen LogP contribution in [0.5, 0.6) is 0 Å². The molecular formula is C31H46N2O7S3. The maximum atomic E-state index is 13.4. The summed E-state index contributed by atoms with van der Waals surface area (Å²) in [5.41, 5.74) is 0.292. The van der Waals surface area contributed by atoms with Crippen molar-refractivity contribution < 1.29 is 33.8 Å². The van der Waals surface area contributed by atoms with Crippen LogP contribution in [0.2, 0.25) is 0 Å². The number of carboxylic acids is 1. The number of methoxy groups -OCH3 is 1. The first-order chi connectivity index (χ1) is 20.2. The van der Waals surface area contributed by atoms with Gasteiger partial charge < -0.3 is 25.2 Å². The molecule has 0 aliphatic heterocycles. The fourth-order valence-electron chi connectivity index (χ4n) is 3.72. The average molecular weight is 655 g/mol. The smallest absolute Gasteiger partial charge is 0.408 e. The van der Waals surface area contributed by atoms with Crippen LogP contribution in [-0.2, 0) is 25.5 Å². The van der Waals surface area contributed by atoms with E-state index in [1.807, 2.05) is 74.7 Å². The van der Waals surface area contributed by atoms with Crippen molar-refractivity contribution in [3.05, 3.63) is 60.2 Å². The summed E-state index contributed by atoms with van der Waals surface area (Å²) in [4.78, 5) is 49.2. The van der Waals surface area contributed by atoms with Crippen molar-refractivity contribution >= 4 is 56.6 Å². The molecule has 43 heavy (non-hydrogen) atoms. The van der Waals surface area contributed by atoms with E-state index in [-0.39, 0.29) is 17.7 Å². The zero-order valence-electron chi connectivity index (χ0n) is 26.0. The van der Waals surface area contributed by atoms with Gasteiger partial charge in [0.2, 0.25) is 5.91 Å². The van der Waals surface area contributed by atoms with Crippen LogP contribution in [-0.4, -0.2) is 70.9 Å². The van der Waals surface area contributed by atoms with E-state index >= 15 is 0 Å². The van der Waals surface area contributed by atoms with Gasteiger partial charge in [-0.05, 0) is 63.0 Å². The molecule has 240 valence electrons. The number of carbonyl (C=O) groups excluding carboxylic acids is 3. The van der Waals surface area contributed by atoms with E-state index in [9.17, 15) is 24.3 Å². The number of benzene rings is 1. The molecule has 1 aromatic rings. The predicted octanol–water partition coefficient (Wildman–Crippen LogP) is 6.59. The van der Waals surface area contributed by atoms with E-state index in [2.05, 4.69) is 15.4 Å². The standard InChI is InChI=1S/C31H46N2O7S3/c1-21(2)23(15-16-25(20-42-43-30(38)39-6)32-29(37)40-31(3,4)5)13-14-24(19-22-11-9-8-10-12-22)27(34)33-26(28(35)36)17-18-41-7/h8-16,21,23-26H,17-20H2,1-7H3,(H,32,37)(H,33,34)(H,35,36)/b14-13-,16-15+/t23-,24+,25+,26-/m0/s1. The van der Waals surface area contributed by atoms with Gasteiger partial charge in [0.1, 0.15) is 11.6 Å². The second kappa shape index (κ2) is 20.4. The van der Waals surface area contributed by atoms with Crippen LogP contribution in [0.15, 0.2) is 54.6 Å². The van der Waals surface area contributed by atoms with E-state index in [1.165, 1.54) is 29.7 Å². The summed E-state index contributed by atoms with van der Waals surface area (Å²) >= 11 is 1.53. The lowest BCUT2D eigenvalue weighted by molar-refractivity contribution is -0.142. The number of rotatable bonds is 17. The monoisotopic (exact) mass is 654 g/mol. The minimum Gasteiger partial charge on any atom is -0.480 e. The van der Waals surface area contributed by atoms with Crippen LogP contribution in [0.3, 0.4) is 0 Å². The summed E-state index contributed by atoms with van der Waals surface area (Å²) in [6.07, 6.45) is 9.68. The summed E-state index contributed by atoms with van der Waals surface area (Å²) in [5.74, 6) is -0.933. The first kappa shape index (κ1) is 38.5. The Hall–Kier alpha value is -2.57. The van der Waals surface area contributed by atoms with Gasteiger partial charge in [-0.25, -0.2) is 14.4 Å². The third kappa shape index (κ3) is 17.3. The lowest BCUT2D eigenvalue weighted by Crippen LogP contribution is -2.44. The molecule has 0 spiro atoms. The molecule has 12 heteroatoms. The Morgan fingerprint density at radius 1 is 1.00 bits per heavy atom. The highest BCUT2D eigenvalue weighted by Gasteiger charge is 2.25. The maximum absolute atomic E-state index is 13.4. The first-order valence-electron chi connectivity index (χ1n) is 14.0. The van der Waals surface area contributed by atoms with Gasteiger partial charge in [-0.3, -0.25) is 4.79 Å². The Bertz CT molecular complexity index is 1070. The second-order valence-electron chi connectivity index (χ2n) is 11.1. The lowest BCUT2D eigenvalue weighted by atomic mass is 9.90. The van der Waals surface area contributed by atoms with Crippen LogP contribution in [0.25, 0.3) is 0 Å². The number of carboxylic acid groups (broad SMARTS) is 1. The Labute approximate surface area is 268 Å². The Balaban J connectivity index is 3.20. The molecule has 0 saturated heterocycles. The molecule has 0 aromatic heterocycles. The summed E-state index contributed by atoms with van der Waals surface area (Å²) < 4.78 is 10.1. The SMILES string of the molecule is COC(=O)SSC[C@@H](/C=C/[C@H](/C=C\[C@H](Cc1ccccc1)C(=O)N[C@@H](CCSC)C(=O)O)C(C)C)NC(=O)OC(C)(C)C.